The van der Waals surface area contributed by atoms with Crippen LogP contribution in [0.4, 0.5) is 0 Å². The maximum atomic E-state index is 2.48. The van der Waals surface area contributed by atoms with Crippen LogP contribution in [-0.2, 0) is 0 Å². The van der Waals surface area contributed by atoms with Gasteiger partial charge in [0.1, 0.15) is 0 Å². The Hall–Kier alpha value is -1.04. The van der Waals surface area contributed by atoms with Gasteiger partial charge in [-0.15, -0.1) is 0 Å². The zero-order valence-electron chi connectivity index (χ0n) is 20.5. The predicted octanol–water partition coefficient (Wildman–Crippen LogP) is 9.98. The topological polar surface area (TPSA) is 0 Å². The van der Waals surface area contributed by atoms with E-state index in [0.717, 1.165) is 11.8 Å². The Bertz CT molecular complexity index is 506. The number of rotatable bonds is 15. The first kappa shape index (κ1) is 27.0. The van der Waals surface area contributed by atoms with E-state index in [9.17, 15) is 0 Å². The van der Waals surface area contributed by atoms with Crippen LogP contribution in [0, 0.1) is 11.8 Å². The van der Waals surface area contributed by atoms with E-state index in [1.54, 1.807) is 11.1 Å². The smallest absolute Gasteiger partial charge is 0.0288 e. The molecule has 0 N–H and O–H groups in total. The van der Waals surface area contributed by atoms with Crippen LogP contribution < -0.4 is 0 Å². The monoisotopic (exact) mass is 386 g/mol. The van der Waals surface area contributed by atoms with Gasteiger partial charge in [0.2, 0.25) is 0 Å². The molecule has 0 heterocycles. The van der Waals surface area contributed by atoms with Gasteiger partial charge in [0.25, 0.3) is 0 Å². The van der Waals surface area contributed by atoms with Crippen molar-refractivity contribution in [1.82, 2.24) is 0 Å². The highest BCUT2D eigenvalue weighted by molar-refractivity contribution is 5.07. The van der Waals surface area contributed by atoms with Crippen molar-refractivity contribution in [3.8, 4) is 0 Å². The molecule has 0 radical (unpaired) electrons. The summed E-state index contributed by atoms with van der Waals surface area (Å²) in [6.07, 6.45) is 22.2. The maximum Gasteiger partial charge on any atom is -0.0288 e. The minimum absolute atomic E-state index is 0.844. The zero-order chi connectivity index (χ0) is 21.4. The van der Waals surface area contributed by atoms with Gasteiger partial charge in [-0.2, -0.15) is 0 Å². The first-order valence-electron chi connectivity index (χ1n) is 11.8. The molecular weight excluding hydrogens is 336 g/mol. The van der Waals surface area contributed by atoms with Crippen LogP contribution in [0.15, 0.2) is 46.6 Å². The fraction of sp³-hybridized carbons (Fsp3) is 0.714. The number of hydrogen-bond donors (Lipinski definition) is 0. The lowest BCUT2D eigenvalue weighted by Gasteiger charge is -2.11. The van der Waals surface area contributed by atoms with Gasteiger partial charge < -0.3 is 0 Å². The molecule has 0 aromatic heterocycles. The highest BCUT2D eigenvalue weighted by Crippen LogP contribution is 2.18. The SMILES string of the molecule is CC(C)=CCC/C(C)=C/CC/C(C)=C/CC/C(C)=C\CC[C@H](C)CCC(C)C. The van der Waals surface area contributed by atoms with E-state index in [4.69, 9.17) is 0 Å². The van der Waals surface area contributed by atoms with Crippen molar-refractivity contribution in [2.45, 2.75) is 120 Å². The predicted molar refractivity (Wildman–Crippen MR) is 131 cm³/mol. The highest BCUT2D eigenvalue weighted by Gasteiger charge is 2.03. The van der Waals surface area contributed by atoms with E-state index in [1.165, 1.54) is 75.4 Å². The second-order valence-electron chi connectivity index (χ2n) is 9.70. The van der Waals surface area contributed by atoms with E-state index in [-0.39, 0.29) is 0 Å². The van der Waals surface area contributed by atoms with Crippen LogP contribution in [0.1, 0.15) is 120 Å². The maximum absolute atomic E-state index is 2.48. The summed E-state index contributed by atoms with van der Waals surface area (Å²) < 4.78 is 0. The summed E-state index contributed by atoms with van der Waals surface area (Å²) in [6, 6.07) is 0. The summed E-state index contributed by atoms with van der Waals surface area (Å²) in [5, 5.41) is 0. The largest absolute Gasteiger partial charge is 0.0856 e. The minimum Gasteiger partial charge on any atom is -0.0856 e. The molecular formula is C28H50. The van der Waals surface area contributed by atoms with Crippen LogP contribution in [-0.4, -0.2) is 0 Å². The summed E-state index contributed by atoms with van der Waals surface area (Å²) in [4.78, 5) is 0. The molecule has 28 heavy (non-hydrogen) atoms. The molecule has 0 aromatic carbocycles. The number of allylic oxidation sites excluding steroid dienone is 8. The molecule has 0 aliphatic rings. The van der Waals surface area contributed by atoms with Crippen LogP contribution >= 0.6 is 0 Å². The highest BCUT2D eigenvalue weighted by atomic mass is 14.1. The first-order valence-corrected chi connectivity index (χ1v) is 11.8. The molecule has 0 fully saturated rings. The van der Waals surface area contributed by atoms with Crippen molar-refractivity contribution in [1.29, 1.82) is 0 Å². The third-order valence-corrected chi connectivity index (χ3v) is 5.54. The van der Waals surface area contributed by atoms with E-state index < -0.39 is 0 Å². The molecule has 0 saturated carbocycles. The Morgan fingerprint density at radius 3 is 1.39 bits per heavy atom. The van der Waals surface area contributed by atoms with E-state index in [0.29, 0.717) is 0 Å². The summed E-state index contributed by atoms with van der Waals surface area (Å²) in [5.74, 6) is 1.71. The van der Waals surface area contributed by atoms with Crippen molar-refractivity contribution in [2.75, 3.05) is 0 Å². The number of hydrogen-bond acceptors (Lipinski definition) is 0. The molecule has 0 rings (SSSR count). The molecule has 0 bridgehead atoms. The lowest BCUT2D eigenvalue weighted by atomic mass is 9.95. The molecule has 0 heteroatoms. The molecule has 0 aliphatic carbocycles. The third-order valence-electron chi connectivity index (χ3n) is 5.54. The van der Waals surface area contributed by atoms with Gasteiger partial charge in [-0.1, -0.05) is 80.2 Å². The summed E-state index contributed by atoms with van der Waals surface area (Å²) in [5.41, 5.74) is 6.07. The lowest BCUT2D eigenvalue weighted by Crippen LogP contribution is -1.97. The summed E-state index contributed by atoms with van der Waals surface area (Å²) in [6.45, 7) is 18.3. The fourth-order valence-corrected chi connectivity index (χ4v) is 3.36. The average molecular weight is 387 g/mol. The Morgan fingerprint density at radius 1 is 0.536 bits per heavy atom. The summed E-state index contributed by atoms with van der Waals surface area (Å²) in [7, 11) is 0. The molecule has 162 valence electrons. The van der Waals surface area contributed by atoms with Crippen molar-refractivity contribution in [3.63, 3.8) is 0 Å². The van der Waals surface area contributed by atoms with Gasteiger partial charge >= 0.3 is 0 Å². The summed E-state index contributed by atoms with van der Waals surface area (Å²) >= 11 is 0. The standard InChI is InChI=1S/C28H50/c1-23(2)13-9-14-25(5)15-10-16-26(6)17-11-18-27(7)19-12-20-28(8)22-21-24(3)4/h13,15,17,19,24,28H,9-12,14,16,18,20-22H2,1-8H3/b25-15+,26-17+,27-19-/t28-/m0/s1. The molecule has 0 unspecified atom stereocenters. The molecule has 0 saturated heterocycles. The second kappa shape index (κ2) is 16.9. The quantitative estimate of drug-likeness (QED) is 0.245. The Morgan fingerprint density at radius 2 is 0.964 bits per heavy atom. The normalized spacial score (nSPS) is 14.5. The van der Waals surface area contributed by atoms with Gasteiger partial charge in [-0.05, 0) is 97.8 Å². The molecule has 0 nitrogen and oxygen atoms in total. The molecule has 0 aromatic rings. The van der Waals surface area contributed by atoms with Crippen LogP contribution in [0.3, 0.4) is 0 Å². The minimum atomic E-state index is 0.844. The van der Waals surface area contributed by atoms with Crippen LogP contribution in [0.2, 0.25) is 0 Å². The second-order valence-corrected chi connectivity index (χ2v) is 9.70. The molecule has 0 amide bonds. The van der Waals surface area contributed by atoms with E-state index >= 15 is 0 Å². The van der Waals surface area contributed by atoms with Crippen molar-refractivity contribution >= 4 is 0 Å². The van der Waals surface area contributed by atoms with Gasteiger partial charge in [-0.25, -0.2) is 0 Å². The van der Waals surface area contributed by atoms with Crippen LogP contribution in [0.5, 0.6) is 0 Å². The van der Waals surface area contributed by atoms with Crippen LogP contribution in [0.25, 0.3) is 0 Å². The van der Waals surface area contributed by atoms with Gasteiger partial charge in [0.15, 0.2) is 0 Å². The Labute approximate surface area is 178 Å². The third kappa shape index (κ3) is 18.3. The van der Waals surface area contributed by atoms with Gasteiger partial charge in [0, 0.05) is 0 Å². The molecule has 1 atom stereocenters. The van der Waals surface area contributed by atoms with Crippen molar-refractivity contribution in [3.05, 3.63) is 46.6 Å². The molecule has 0 spiro atoms. The van der Waals surface area contributed by atoms with E-state index in [1.807, 2.05) is 0 Å². The fourth-order valence-electron chi connectivity index (χ4n) is 3.36. The zero-order valence-corrected chi connectivity index (χ0v) is 20.5. The Balaban J connectivity index is 3.98. The van der Waals surface area contributed by atoms with Gasteiger partial charge in [0.05, 0.1) is 0 Å². The van der Waals surface area contributed by atoms with Crippen molar-refractivity contribution < 1.29 is 0 Å². The first-order chi connectivity index (χ1) is 13.2. The molecule has 0 aliphatic heterocycles. The van der Waals surface area contributed by atoms with Gasteiger partial charge in [-0.3, -0.25) is 0 Å². The van der Waals surface area contributed by atoms with Crippen molar-refractivity contribution in [2.24, 2.45) is 11.8 Å². The lowest BCUT2D eigenvalue weighted by molar-refractivity contribution is 0.430. The average Bonchev–Trinajstić information content (AvgIpc) is 2.59. The Kier molecular flexibility index (Phi) is 16.2. The van der Waals surface area contributed by atoms with E-state index in [2.05, 4.69) is 79.7 Å².